The first-order chi connectivity index (χ1) is 16.1. The summed E-state index contributed by atoms with van der Waals surface area (Å²) in [7, 11) is 2.19. The van der Waals surface area contributed by atoms with E-state index in [1.54, 1.807) is 0 Å². The van der Waals surface area contributed by atoms with Crippen LogP contribution < -0.4 is 10.5 Å². The molecule has 2 fully saturated rings. The van der Waals surface area contributed by atoms with Gasteiger partial charge in [-0.15, -0.1) is 0 Å². The van der Waals surface area contributed by atoms with E-state index in [9.17, 15) is 0 Å². The third kappa shape index (κ3) is 3.91. The van der Waals surface area contributed by atoms with Crippen molar-refractivity contribution in [1.29, 1.82) is 0 Å². The Labute approximate surface area is 193 Å². The normalized spacial score (nSPS) is 18.1. The summed E-state index contributed by atoms with van der Waals surface area (Å²) in [5, 5.41) is 8.17. The van der Waals surface area contributed by atoms with E-state index < -0.39 is 0 Å². The number of fused-ring (bicyclic) bond motifs is 2. The van der Waals surface area contributed by atoms with Crippen LogP contribution in [0.4, 0.5) is 5.82 Å². The van der Waals surface area contributed by atoms with E-state index in [-0.39, 0.29) is 0 Å². The number of nitrogen functional groups attached to an aromatic ring is 1. The van der Waals surface area contributed by atoms with Crippen molar-refractivity contribution in [2.75, 3.05) is 25.9 Å². The molecule has 0 amide bonds. The standard InChI is InChI=1S/C26H30N6O/c1-31-11-9-17(10-12-31)15-32-26-23(25(27)28-16-29-26)24(30-32)20-6-5-19-14-22(8-7-18(19)13-20)33-21-3-2-4-21/h5-8,13-14,16-17,21H,2-4,9-12,15H2,1H3,(H2,27,28,29). The Morgan fingerprint density at radius 3 is 2.58 bits per heavy atom. The highest BCUT2D eigenvalue weighted by Gasteiger charge is 2.22. The molecule has 170 valence electrons. The smallest absolute Gasteiger partial charge is 0.163 e. The third-order valence-electron chi connectivity index (χ3n) is 7.27. The van der Waals surface area contributed by atoms with Gasteiger partial charge in [-0.3, -0.25) is 0 Å². The maximum Gasteiger partial charge on any atom is 0.163 e. The second-order valence-electron chi connectivity index (χ2n) is 9.63. The predicted molar refractivity (Wildman–Crippen MR) is 131 cm³/mol. The van der Waals surface area contributed by atoms with E-state index >= 15 is 0 Å². The van der Waals surface area contributed by atoms with Crippen LogP contribution in [0.1, 0.15) is 32.1 Å². The Morgan fingerprint density at radius 2 is 1.79 bits per heavy atom. The maximum absolute atomic E-state index is 6.33. The van der Waals surface area contributed by atoms with Crippen molar-refractivity contribution in [2.45, 2.75) is 44.8 Å². The summed E-state index contributed by atoms with van der Waals surface area (Å²) in [6, 6.07) is 12.8. The SMILES string of the molecule is CN1CCC(Cn2nc(-c3ccc4cc(OC5CCC5)ccc4c3)c3c(N)ncnc32)CC1. The van der Waals surface area contributed by atoms with Gasteiger partial charge in [-0.2, -0.15) is 5.10 Å². The average molecular weight is 443 g/mol. The summed E-state index contributed by atoms with van der Waals surface area (Å²) in [5.74, 6) is 2.03. The Morgan fingerprint density at radius 1 is 1.00 bits per heavy atom. The average Bonchev–Trinajstić information content (AvgIpc) is 3.17. The van der Waals surface area contributed by atoms with Gasteiger partial charge in [0.15, 0.2) is 5.65 Å². The van der Waals surface area contributed by atoms with Gasteiger partial charge in [-0.05, 0) is 87.1 Å². The molecule has 2 N–H and O–H groups in total. The molecule has 1 aliphatic carbocycles. The fourth-order valence-corrected chi connectivity index (χ4v) is 4.97. The molecular weight excluding hydrogens is 412 g/mol. The van der Waals surface area contributed by atoms with Crippen LogP contribution in [0.2, 0.25) is 0 Å². The van der Waals surface area contributed by atoms with Gasteiger partial charge in [-0.25, -0.2) is 14.6 Å². The zero-order chi connectivity index (χ0) is 22.4. The second-order valence-corrected chi connectivity index (χ2v) is 9.63. The molecule has 2 aliphatic rings. The number of nitrogens with two attached hydrogens (primary N) is 1. The predicted octanol–water partition coefficient (Wildman–Crippen LogP) is 4.50. The molecule has 0 atom stereocenters. The summed E-state index contributed by atoms with van der Waals surface area (Å²) in [6.07, 6.45) is 7.86. The first-order valence-electron chi connectivity index (χ1n) is 12.0. The van der Waals surface area contributed by atoms with Gasteiger partial charge in [0.1, 0.15) is 23.6 Å². The molecule has 7 nitrogen and oxygen atoms in total. The third-order valence-corrected chi connectivity index (χ3v) is 7.27. The highest BCUT2D eigenvalue weighted by Crippen LogP contribution is 2.34. The molecule has 0 spiro atoms. The molecule has 1 saturated carbocycles. The summed E-state index contributed by atoms with van der Waals surface area (Å²) in [5.41, 5.74) is 9.03. The van der Waals surface area contributed by atoms with E-state index in [0.717, 1.165) is 71.3 Å². The van der Waals surface area contributed by atoms with E-state index in [1.807, 2.05) is 4.68 Å². The Kier molecular flexibility index (Phi) is 5.14. The first kappa shape index (κ1) is 20.4. The van der Waals surface area contributed by atoms with Crippen molar-refractivity contribution in [1.82, 2.24) is 24.6 Å². The van der Waals surface area contributed by atoms with E-state index in [2.05, 4.69) is 58.3 Å². The van der Waals surface area contributed by atoms with Crippen molar-refractivity contribution >= 4 is 27.6 Å². The molecule has 6 rings (SSSR count). The molecule has 33 heavy (non-hydrogen) atoms. The maximum atomic E-state index is 6.33. The fourth-order valence-electron chi connectivity index (χ4n) is 4.97. The fraction of sp³-hybridized carbons (Fsp3) is 0.423. The van der Waals surface area contributed by atoms with Crippen LogP contribution in [0.5, 0.6) is 5.75 Å². The molecule has 7 heteroatoms. The van der Waals surface area contributed by atoms with Crippen molar-refractivity contribution in [3.63, 3.8) is 0 Å². The minimum Gasteiger partial charge on any atom is -0.490 e. The minimum absolute atomic E-state index is 0.379. The van der Waals surface area contributed by atoms with Crippen molar-refractivity contribution in [2.24, 2.45) is 5.92 Å². The molecule has 4 aromatic rings. The Hall–Kier alpha value is -3.19. The van der Waals surface area contributed by atoms with Crippen LogP contribution in [0.3, 0.4) is 0 Å². The van der Waals surface area contributed by atoms with Crippen LogP contribution in [0, 0.1) is 5.92 Å². The molecule has 1 aliphatic heterocycles. The lowest BCUT2D eigenvalue weighted by Gasteiger charge is -2.28. The monoisotopic (exact) mass is 442 g/mol. The second kappa shape index (κ2) is 8.30. The number of hydrogen-bond acceptors (Lipinski definition) is 6. The molecule has 3 heterocycles. The van der Waals surface area contributed by atoms with Gasteiger partial charge in [0.25, 0.3) is 0 Å². The van der Waals surface area contributed by atoms with E-state index in [1.165, 1.54) is 25.6 Å². The van der Waals surface area contributed by atoms with Gasteiger partial charge in [0.05, 0.1) is 11.5 Å². The lowest BCUT2D eigenvalue weighted by atomic mass is 9.96. The van der Waals surface area contributed by atoms with Crippen LogP contribution in [0.25, 0.3) is 33.1 Å². The van der Waals surface area contributed by atoms with Gasteiger partial charge < -0.3 is 15.4 Å². The van der Waals surface area contributed by atoms with Crippen LogP contribution in [0.15, 0.2) is 42.7 Å². The van der Waals surface area contributed by atoms with Crippen molar-refractivity contribution < 1.29 is 4.74 Å². The van der Waals surface area contributed by atoms with Crippen LogP contribution >= 0.6 is 0 Å². The zero-order valence-corrected chi connectivity index (χ0v) is 19.1. The largest absolute Gasteiger partial charge is 0.490 e. The number of likely N-dealkylation sites (tertiary alicyclic amines) is 1. The van der Waals surface area contributed by atoms with E-state index in [4.69, 9.17) is 15.6 Å². The van der Waals surface area contributed by atoms with Crippen LogP contribution in [-0.2, 0) is 6.54 Å². The first-order valence-corrected chi connectivity index (χ1v) is 12.0. The summed E-state index contributed by atoms with van der Waals surface area (Å²) >= 11 is 0. The van der Waals surface area contributed by atoms with Gasteiger partial charge in [0, 0.05) is 12.1 Å². The number of benzene rings is 2. The molecule has 0 unspecified atom stereocenters. The minimum atomic E-state index is 0.379. The number of rotatable bonds is 5. The molecule has 2 aromatic heterocycles. The molecule has 0 radical (unpaired) electrons. The Bertz CT molecular complexity index is 1300. The van der Waals surface area contributed by atoms with Gasteiger partial charge >= 0.3 is 0 Å². The number of hydrogen-bond donors (Lipinski definition) is 1. The number of piperidine rings is 1. The number of ether oxygens (including phenoxy) is 1. The van der Waals surface area contributed by atoms with Crippen molar-refractivity contribution in [3.8, 4) is 17.0 Å². The summed E-state index contributed by atoms with van der Waals surface area (Å²) < 4.78 is 8.12. The van der Waals surface area contributed by atoms with Crippen molar-refractivity contribution in [3.05, 3.63) is 42.7 Å². The van der Waals surface area contributed by atoms with Gasteiger partial charge in [-0.1, -0.05) is 18.2 Å². The summed E-state index contributed by atoms with van der Waals surface area (Å²) in [6.45, 7) is 3.12. The molecule has 1 saturated heterocycles. The topological polar surface area (TPSA) is 82.1 Å². The van der Waals surface area contributed by atoms with Gasteiger partial charge in [0.2, 0.25) is 0 Å². The highest BCUT2D eigenvalue weighted by molar-refractivity contribution is 6.00. The molecule has 2 aromatic carbocycles. The zero-order valence-electron chi connectivity index (χ0n) is 19.1. The molecule has 0 bridgehead atoms. The van der Waals surface area contributed by atoms with E-state index in [0.29, 0.717) is 17.8 Å². The molecular formula is C26H30N6O. The lowest BCUT2D eigenvalue weighted by molar-refractivity contribution is 0.120. The quantitative estimate of drug-likeness (QED) is 0.490. The summed E-state index contributed by atoms with van der Waals surface area (Å²) in [4.78, 5) is 11.2. The Balaban J connectivity index is 1.35. The number of aromatic nitrogens is 4. The number of anilines is 1. The number of nitrogens with zero attached hydrogens (tertiary/aromatic N) is 5. The lowest BCUT2D eigenvalue weighted by Crippen LogP contribution is -2.32. The highest BCUT2D eigenvalue weighted by atomic mass is 16.5. The van der Waals surface area contributed by atoms with Crippen LogP contribution in [-0.4, -0.2) is 50.9 Å².